The van der Waals surface area contributed by atoms with Crippen LogP contribution in [0.4, 0.5) is 13.2 Å². The highest BCUT2D eigenvalue weighted by atomic mass is 19.4. The molecule has 0 unspecified atom stereocenters. The zero-order chi connectivity index (χ0) is 12.9. The highest BCUT2D eigenvalue weighted by molar-refractivity contribution is 6.08. The topological polar surface area (TPSA) is 48.9 Å². The lowest BCUT2D eigenvalue weighted by molar-refractivity contribution is -0.139. The summed E-state index contributed by atoms with van der Waals surface area (Å²) in [5, 5.41) is 10.4. The predicted octanol–water partition coefficient (Wildman–Crippen LogP) is 3.44. The Morgan fingerprint density at radius 3 is 2.61 bits per heavy atom. The monoisotopic (exact) mass is 252 g/mol. The summed E-state index contributed by atoms with van der Waals surface area (Å²) in [5.41, 5.74) is -0.565. The fraction of sp³-hybridized carbons (Fsp3) is 0.0833. The molecule has 0 aliphatic heterocycles. The van der Waals surface area contributed by atoms with Gasteiger partial charge in [0.1, 0.15) is 5.75 Å². The van der Waals surface area contributed by atoms with Crippen LogP contribution in [0.3, 0.4) is 0 Å². The molecule has 2 heterocycles. The molecule has 0 bridgehead atoms. The van der Waals surface area contributed by atoms with E-state index in [1.165, 1.54) is 18.2 Å². The maximum absolute atomic E-state index is 12.8. The Balaban J connectivity index is 2.46. The van der Waals surface area contributed by atoms with Gasteiger partial charge in [-0.3, -0.25) is 0 Å². The molecule has 0 amide bonds. The number of aromatic amines is 1. The molecule has 2 aromatic heterocycles. The SMILES string of the molecule is Oc1ccc2c(c1)[nH]c1c(C(F)(F)F)nccc12. The van der Waals surface area contributed by atoms with Gasteiger partial charge in [-0.1, -0.05) is 0 Å². The number of phenols is 1. The minimum Gasteiger partial charge on any atom is -0.508 e. The molecule has 3 rings (SSSR count). The maximum Gasteiger partial charge on any atom is 0.435 e. The number of aromatic nitrogens is 2. The molecule has 18 heavy (non-hydrogen) atoms. The number of H-pyrrole nitrogens is 1. The van der Waals surface area contributed by atoms with E-state index in [-0.39, 0.29) is 11.3 Å². The van der Waals surface area contributed by atoms with E-state index in [0.717, 1.165) is 6.20 Å². The Morgan fingerprint density at radius 2 is 1.89 bits per heavy atom. The molecule has 92 valence electrons. The van der Waals surface area contributed by atoms with Gasteiger partial charge in [-0.15, -0.1) is 0 Å². The summed E-state index contributed by atoms with van der Waals surface area (Å²) in [6.07, 6.45) is -3.38. The van der Waals surface area contributed by atoms with Crippen molar-refractivity contribution in [3.63, 3.8) is 0 Å². The van der Waals surface area contributed by atoms with Gasteiger partial charge in [-0.25, -0.2) is 4.98 Å². The third-order valence-electron chi connectivity index (χ3n) is 2.77. The molecule has 3 aromatic rings. The highest BCUT2D eigenvalue weighted by Crippen LogP contribution is 2.36. The van der Waals surface area contributed by atoms with Crippen LogP contribution in [0.1, 0.15) is 5.69 Å². The van der Waals surface area contributed by atoms with Crippen LogP contribution < -0.4 is 0 Å². The summed E-state index contributed by atoms with van der Waals surface area (Å²) in [6, 6.07) is 5.91. The molecule has 1 aromatic carbocycles. The lowest BCUT2D eigenvalue weighted by Gasteiger charge is -2.05. The van der Waals surface area contributed by atoms with Crippen molar-refractivity contribution in [3.05, 3.63) is 36.2 Å². The molecule has 2 N–H and O–H groups in total. The second-order valence-electron chi connectivity index (χ2n) is 3.93. The van der Waals surface area contributed by atoms with Crippen molar-refractivity contribution in [3.8, 4) is 5.75 Å². The Labute approximate surface area is 98.9 Å². The summed E-state index contributed by atoms with van der Waals surface area (Å²) < 4.78 is 38.4. The third kappa shape index (κ3) is 1.49. The summed E-state index contributed by atoms with van der Waals surface area (Å²) in [7, 11) is 0. The Morgan fingerprint density at radius 1 is 1.11 bits per heavy atom. The van der Waals surface area contributed by atoms with Crippen molar-refractivity contribution < 1.29 is 18.3 Å². The molecule has 0 aliphatic carbocycles. The largest absolute Gasteiger partial charge is 0.508 e. The number of nitrogens with zero attached hydrogens (tertiary/aromatic N) is 1. The Bertz CT molecular complexity index is 746. The van der Waals surface area contributed by atoms with Gasteiger partial charge in [0.25, 0.3) is 0 Å². The van der Waals surface area contributed by atoms with Gasteiger partial charge >= 0.3 is 6.18 Å². The quantitative estimate of drug-likeness (QED) is 0.643. The molecule has 0 aliphatic rings. The zero-order valence-electron chi connectivity index (χ0n) is 8.92. The van der Waals surface area contributed by atoms with Crippen molar-refractivity contribution in [2.45, 2.75) is 6.18 Å². The van der Waals surface area contributed by atoms with E-state index in [1.807, 2.05) is 0 Å². The van der Waals surface area contributed by atoms with Gasteiger partial charge in [-0.05, 0) is 18.2 Å². The van der Waals surface area contributed by atoms with E-state index >= 15 is 0 Å². The van der Waals surface area contributed by atoms with E-state index in [2.05, 4.69) is 9.97 Å². The fourth-order valence-electron chi connectivity index (χ4n) is 2.03. The Hall–Kier alpha value is -2.24. The number of benzene rings is 1. The molecule has 0 saturated carbocycles. The number of phenolic OH excluding ortho intramolecular Hbond substituents is 1. The number of hydrogen-bond donors (Lipinski definition) is 2. The Kier molecular flexibility index (Phi) is 2.04. The first-order valence-corrected chi connectivity index (χ1v) is 5.13. The molecule has 0 saturated heterocycles. The number of aromatic hydroxyl groups is 1. The van der Waals surface area contributed by atoms with Gasteiger partial charge in [-0.2, -0.15) is 13.2 Å². The molecular weight excluding hydrogens is 245 g/mol. The number of halogens is 3. The van der Waals surface area contributed by atoms with Crippen LogP contribution >= 0.6 is 0 Å². The van der Waals surface area contributed by atoms with Crippen molar-refractivity contribution >= 4 is 21.8 Å². The summed E-state index contributed by atoms with van der Waals surface area (Å²) in [4.78, 5) is 6.03. The van der Waals surface area contributed by atoms with Crippen LogP contribution in [-0.4, -0.2) is 15.1 Å². The summed E-state index contributed by atoms with van der Waals surface area (Å²) >= 11 is 0. The standard InChI is InChI=1S/C12H7F3N2O/c13-12(14,15)11-10-8(3-4-16-11)7-2-1-6(18)5-9(7)17-10/h1-5,17-18H. The van der Waals surface area contributed by atoms with Crippen LogP contribution in [-0.2, 0) is 6.18 Å². The number of alkyl halides is 3. The van der Waals surface area contributed by atoms with Gasteiger partial charge in [0.15, 0.2) is 5.69 Å². The molecule has 6 heteroatoms. The normalized spacial score (nSPS) is 12.4. The van der Waals surface area contributed by atoms with Crippen LogP contribution in [0.2, 0.25) is 0 Å². The van der Waals surface area contributed by atoms with Gasteiger partial charge < -0.3 is 10.1 Å². The van der Waals surface area contributed by atoms with Crippen molar-refractivity contribution in [2.24, 2.45) is 0 Å². The average Bonchev–Trinajstić information content (AvgIpc) is 2.64. The first kappa shape index (κ1) is 10.9. The van der Waals surface area contributed by atoms with Crippen LogP contribution in [0, 0.1) is 0 Å². The number of fused-ring (bicyclic) bond motifs is 3. The number of nitrogens with one attached hydrogen (secondary N) is 1. The maximum atomic E-state index is 12.8. The first-order valence-electron chi connectivity index (χ1n) is 5.13. The van der Waals surface area contributed by atoms with E-state index in [0.29, 0.717) is 16.3 Å². The highest BCUT2D eigenvalue weighted by Gasteiger charge is 2.35. The second-order valence-corrected chi connectivity index (χ2v) is 3.93. The van der Waals surface area contributed by atoms with Crippen molar-refractivity contribution in [1.29, 1.82) is 0 Å². The summed E-state index contributed by atoms with van der Waals surface area (Å²) in [5.74, 6) is -0.00410. The molecule has 0 spiro atoms. The van der Waals surface area contributed by atoms with E-state index in [4.69, 9.17) is 0 Å². The minimum absolute atomic E-state index is 0.00410. The van der Waals surface area contributed by atoms with E-state index in [9.17, 15) is 18.3 Å². The third-order valence-corrected chi connectivity index (χ3v) is 2.77. The molecule has 0 fully saturated rings. The van der Waals surface area contributed by atoms with Gasteiger partial charge in [0, 0.05) is 23.0 Å². The van der Waals surface area contributed by atoms with E-state index in [1.54, 1.807) is 6.07 Å². The average molecular weight is 252 g/mol. The zero-order valence-corrected chi connectivity index (χ0v) is 8.92. The molecule has 0 atom stereocenters. The molecular formula is C12H7F3N2O. The van der Waals surface area contributed by atoms with Crippen LogP contribution in [0.5, 0.6) is 5.75 Å². The number of pyridine rings is 1. The molecule has 3 nitrogen and oxygen atoms in total. The van der Waals surface area contributed by atoms with Crippen LogP contribution in [0.25, 0.3) is 21.8 Å². The number of hydrogen-bond acceptors (Lipinski definition) is 2. The van der Waals surface area contributed by atoms with Crippen molar-refractivity contribution in [1.82, 2.24) is 9.97 Å². The molecule has 0 radical (unpaired) electrons. The number of rotatable bonds is 0. The van der Waals surface area contributed by atoms with Gasteiger partial charge in [0.2, 0.25) is 0 Å². The van der Waals surface area contributed by atoms with Crippen LogP contribution in [0.15, 0.2) is 30.5 Å². The van der Waals surface area contributed by atoms with E-state index < -0.39 is 11.9 Å². The van der Waals surface area contributed by atoms with Crippen molar-refractivity contribution in [2.75, 3.05) is 0 Å². The first-order chi connectivity index (χ1) is 8.47. The smallest absolute Gasteiger partial charge is 0.435 e. The second kappa shape index (κ2) is 3.38. The lowest BCUT2D eigenvalue weighted by atomic mass is 10.1. The minimum atomic E-state index is -4.51. The lowest BCUT2D eigenvalue weighted by Crippen LogP contribution is -2.08. The predicted molar refractivity (Wildman–Crippen MR) is 60.3 cm³/mol. The van der Waals surface area contributed by atoms with Gasteiger partial charge in [0.05, 0.1) is 11.0 Å². The summed E-state index contributed by atoms with van der Waals surface area (Å²) in [6.45, 7) is 0. The fourth-order valence-corrected chi connectivity index (χ4v) is 2.03.